The van der Waals surface area contributed by atoms with E-state index in [-0.39, 0.29) is 12.3 Å². The van der Waals surface area contributed by atoms with Gasteiger partial charge in [-0.1, -0.05) is 24.3 Å². The largest absolute Gasteiger partial charge is 0.487 e. The molecule has 2 aromatic carbocycles. The van der Waals surface area contributed by atoms with Crippen molar-refractivity contribution in [3.63, 3.8) is 0 Å². The molecule has 0 fully saturated rings. The molecular formula is C19H15FN4O3. The number of fused-ring (bicyclic) bond motifs is 1. The molecule has 27 heavy (non-hydrogen) atoms. The Labute approximate surface area is 153 Å². The number of hydrogen-bond acceptors (Lipinski definition) is 4. The first kappa shape index (κ1) is 16.8. The Morgan fingerprint density at radius 2 is 2.00 bits per heavy atom. The van der Waals surface area contributed by atoms with E-state index in [0.29, 0.717) is 22.7 Å². The zero-order valence-electron chi connectivity index (χ0n) is 14.0. The van der Waals surface area contributed by atoms with E-state index in [9.17, 15) is 14.0 Å². The lowest BCUT2D eigenvalue weighted by atomic mass is 10.1. The second kappa shape index (κ2) is 6.91. The topological polar surface area (TPSA) is 96.1 Å². The normalized spacial score (nSPS) is 15.1. The van der Waals surface area contributed by atoms with Gasteiger partial charge >= 0.3 is 0 Å². The predicted molar refractivity (Wildman–Crippen MR) is 94.6 cm³/mol. The lowest BCUT2D eigenvalue weighted by Crippen LogP contribution is -2.33. The highest BCUT2D eigenvalue weighted by molar-refractivity contribution is 6.05. The molecule has 2 heterocycles. The molecule has 1 aliphatic rings. The number of rotatable bonds is 5. The molecule has 0 bridgehead atoms. The summed E-state index contributed by atoms with van der Waals surface area (Å²) < 4.78 is 18.9. The lowest BCUT2D eigenvalue weighted by molar-refractivity contribution is -0.117. The Bertz CT molecular complexity index is 1000. The van der Waals surface area contributed by atoms with Crippen LogP contribution in [0.3, 0.4) is 0 Å². The Balaban J connectivity index is 1.42. The van der Waals surface area contributed by atoms with E-state index in [1.807, 2.05) is 30.3 Å². The summed E-state index contributed by atoms with van der Waals surface area (Å²) >= 11 is 0. The van der Waals surface area contributed by atoms with Gasteiger partial charge in [-0.05, 0) is 30.3 Å². The van der Waals surface area contributed by atoms with Crippen molar-refractivity contribution in [2.45, 2.75) is 12.6 Å². The van der Waals surface area contributed by atoms with Crippen LogP contribution in [0.5, 0.6) is 5.75 Å². The van der Waals surface area contributed by atoms with Crippen molar-refractivity contribution < 1.29 is 18.7 Å². The number of amides is 2. The minimum Gasteiger partial charge on any atom is -0.487 e. The van der Waals surface area contributed by atoms with E-state index in [1.54, 1.807) is 6.07 Å². The van der Waals surface area contributed by atoms with Crippen molar-refractivity contribution in [3.05, 3.63) is 77.4 Å². The minimum absolute atomic E-state index is 0.130. The molecule has 0 saturated heterocycles. The van der Waals surface area contributed by atoms with Crippen LogP contribution in [0.1, 0.15) is 27.8 Å². The fourth-order valence-corrected chi connectivity index (χ4v) is 2.81. The van der Waals surface area contributed by atoms with Gasteiger partial charge in [-0.3, -0.25) is 14.7 Å². The third-order valence-electron chi connectivity index (χ3n) is 4.12. The van der Waals surface area contributed by atoms with Crippen molar-refractivity contribution in [1.29, 1.82) is 0 Å². The van der Waals surface area contributed by atoms with E-state index < -0.39 is 23.7 Å². The van der Waals surface area contributed by atoms with Crippen molar-refractivity contribution in [2.75, 3.05) is 5.32 Å². The van der Waals surface area contributed by atoms with Gasteiger partial charge in [0.15, 0.2) is 0 Å². The van der Waals surface area contributed by atoms with E-state index >= 15 is 0 Å². The second-order valence-corrected chi connectivity index (χ2v) is 6.01. The van der Waals surface area contributed by atoms with Crippen LogP contribution in [0.15, 0.2) is 54.6 Å². The van der Waals surface area contributed by atoms with Crippen LogP contribution in [0.25, 0.3) is 0 Å². The van der Waals surface area contributed by atoms with Crippen LogP contribution in [-0.4, -0.2) is 22.0 Å². The average molecular weight is 366 g/mol. The number of halogens is 1. The number of anilines is 1. The summed E-state index contributed by atoms with van der Waals surface area (Å²) in [5, 5.41) is 11.8. The summed E-state index contributed by atoms with van der Waals surface area (Å²) in [5.74, 6) is -0.706. The maximum atomic E-state index is 13.3. The molecule has 3 aromatic rings. The van der Waals surface area contributed by atoms with Crippen LogP contribution in [-0.2, 0) is 11.4 Å². The number of benzene rings is 2. The SMILES string of the molecule is O=C(N[C@H]1C(=O)Nc2cc(F)ccc21)c1cc(COc2ccccc2)[nH]n1. The predicted octanol–water partition coefficient (Wildman–Crippen LogP) is 2.55. The summed E-state index contributed by atoms with van der Waals surface area (Å²) in [6.07, 6.45) is 0. The summed E-state index contributed by atoms with van der Waals surface area (Å²) in [5.41, 5.74) is 1.61. The molecule has 1 aliphatic heterocycles. The average Bonchev–Trinajstić information content (AvgIpc) is 3.25. The van der Waals surface area contributed by atoms with Gasteiger partial charge < -0.3 is 15.4 Å². The monoisotopic (exact) mass is 366 g/mol. The molecule has 0 unspecified atom stereocenters. The molecule has 0 radical (unpaired) electrons. The summed E-state index contributed by atoms with van der Waals surface area (Å²) in [6.45, 7) is 0.219. The van der Waals surface area contributed by atoms with Crippen LogP contribution < -0.4 is 15.4 Å². The molecule has 0 saturated carbocycles. The van der Waals surface area contributed by atoms with Gasteiger partial charge in [-0.15, -0.1) is 0 Å². The number of aromatic nitrogens is 2. The lowest BCUT2D eigenvalue weighted by Gasteiger charge is -2.10. The fourth-order valence-electron chi connectivity index (χ4n) is 2.81. The highest BCUT2D eigenvalue weighted by Gasteiger charge is 2.32. The fraction of sp³-hybridized carbons (Fsp3) is 0.105. The first-order valence-corrected chi connectivity index (χ1v) is 8.23. The molecule has 2 amide bonds. The number of carbonyl (C=O) groups is 2. The summed E-state index contributed by atoms with van der Waals surface area (Å²) in [4.78, 5) is 24.5. The smallest absolute Gasteiger partial charge is 0.272 e. The third kappa shape index (κ3) is 3.50. The van der Waals surface area contributed by atoms with Crippen LogP contribution in [0.4, 0.5) is 10.1 Å². The van der Waals surface area contributed by atoms with Gasteiger partial charge in [0.2, 0.25) is 0 Å². The highest BCUT2D eigenvalue weighted by Crippen LogP contribution is 2.31. The van der Waals surface area contributed by atoms with E-state index in [1.165, 1.54) is 18.2 Å². The number of para-hydroxylation sites is 1. The molecule has 0 aliphatic carbocycles. The van der Waals surface area contributed by atoms with Crippen LogP contribution in [0.2, 0.25) is 0 Å². The maximum absolute atomic E-state index is 13.3. The summed E-state index contributed by atoms with van der Waals surface area (Å²) in [7, 11) is 0. The molecule has 1 atom stereocenters. The molecule has 7 nitrogen and oxygen atoms in total. The number of aromatic amines is 1. The van der Waals surface area contributed by atoms with Crippen molar-refractivity contribution >= 4 is 17.5 Å². The van der Waals surface area contributed by atoms with Gasteiger partial charge in [0.05, 0.1) is 5.69 Å². The zero-order chi connectivity index (χ0) is 18.8. The van der Waals surface area contributed by atoms with Crippen LogP contribution in [0, 0.1) is 5.82 Å². The molecular weight excluding hydrogens is 351 g/mol. The highest BCUT2D eigenvalue weighted by atomic mass is 19.1. The minimum atomic E-state index is -0.895. The first-order valence-electron chi connectivity index (χ1n) is 8.23. The van der Waals surface area contributed by atoms with Crippen molar-refractivity contribution in [2.24, 2.45) is 0 Å². The Hall–Kier alpha value is -3.68. The Morgan fingerprint density at radius 3 is 2.81 bits per heavy atom. The molecule has 8 heteroatoms. The maximum Gasteiger partial charge on any atom is 0.272 e. The molecule has 3 N–H and O–H groups in total. The van der Waals surface area contributed by atoms with E-state index in [0.717, 1.165) is 0 Å². The summed E-state index contributed by atoms with van der Waals surface area (Å²) in [6, 6.07) is 13.8. The number of nitrogens with one attached hydrogen (secondary N) is 3. The first-order chi connectivity index (χ1) is 13.1. The zero-order valence-corrected chi connectivity index (χ0v) is 14.0. The van der Waals surface area contributed by atoms with Crippen LogP contribution >= 0.6 is 0 Å². The molecule has 1 aromatic heterocycles. The molecule has 0 spiro atoms. The van der Waals surface area contributed by atoms with Gasteiger partial charge in [0.1, 0.15) is 29.9 Å². The number of hydrogen-bond donors (Lipinski definition) is 3. The quantitative estimate of drug-likeness (QED) is 0.647. The van der Waals surface area contributed by atoms with Gasteiger partial charge in [0.25, 0.3) is 11.8 Å². The van der Waals surface area contributed by atoms with Gasteiger partial charge in [-0.25, -0.2) is 4.39 Å². The Morgan fingerprint density at radius 1 is 1.19 bits per heavy atom. The van der Waals surface area contributed by atoms with E-state index in [2.05, 4.69) is 20.8 Å². The second-order valence-electron chi connectivity index (χ2n) is 6.01. The molecule has 4 rings (SSSR count). The molecule has 136 valence electrons. The number of H-pyrrole nitrogens is 1. The van der Waals surface area contributed by atoms with Crippen molar-refractivity contribution in [1.82, 2.24) is 15.5 Å². The number of ether oxygens (including phenoxy) is 1. The standard InChI is InChI=1S/C19H15FN4O3/c20-11-6-7-14-15(8-11)21-19(26)17(14)22-18(25)16-9-12(23-24-16)10-27-13-4-2-1-3-5-13/h1-9,17H,10H2,(H,21,26)(H,22,25)(H,23,24)/t17-/m1/s1. The Kier molecular flexibility index (Phi) is 4.29. The van der Waals surface area contributed by atoms with E-state index in [4.69, 9.17) is 4.74 Å². The van der Waals surface area contributed by atoms with Gasteiger partial charge in [-0.2, -0.15) is 5.10 Å². The third-order valence-corrected chi connectivity index (χ3v) is 4.12. The van der Waals surface area contributed by atoms with Gasteiger partial charge in [0, 0.05) is 11.3 Å². The number of nitrogens with zero attached hydrogens (tertiary/aromatic N) is 1. The van der Waals surface area contributed by atoms with Crippen molar-refractivity contribution in [3.8, 4) is 5.75 Å². The number of carbonyl (C=O) groups excluding carboxylic acids is 2.